The van der Waals surface area contributed by atoms with Crippen molar-refractivity contribution in [1.82, 2.24) is 10.6 Å². The lowest BCUT2D eigenvalue weighted by atomic mass is 10.0. The maximum atomic E-state index is 12.0. The van der Waals surface area contributed by atoms with Crippen LogP contribution in [-0.2, 0) is 33.6 Å². The van der Waals surface area contributed by atoms with Gasteiger partial charge in [-0.3, -0.25) is 19.7 Å². The summed E-state index contributed by atoms with van der Waals surface area (Å²) < 4.78 is 0. The molecule has 0 aliphatic rings. The van der Waals surface area contributed by atoms with E-state index in [1.165, 1.54) is 11.1 Å². The molecular formula is C24H34Cl2N4O3. The van der Waals surface area contributed by atoms with Crippen molar-refractivity contribution in [2.75, 3.05) is 13.1 Å². The molecule has 0 fully saturated rings. The summed E-state index contributed by atoms with van der Waals surface area (Å²) in [7, 11) is 0. The van der Waals surface area contributed by atoms with Crippen molar-refractivity contribution in [2.45, 2.75) is 44.6 Å². The highest BCUT2D eigenvalue weighted by atomic mass is 35.5. The lowest BCUT2D eigenvalue weighted by Crippen LogP contribution is -2.46. The SMILES string of the molecule is Cl.Cl.NC[C@H](N)C(=O)NCCC(=O)NC(=O)Cc1ccc(CCCCc2ccccc2)cc1. The number of imide groups is 1. The Morgan fingerprint density at radius 3 is 1.91 bits per heavy atom. The molecule has 3 amide bonds. The first kappa shape index (κ1) is 30.6. The molecule has 0 saturated heterocycles. The number of carbonyl (C=O) groups excluding carboxylic acids is 3. The summed E-state index contributed by atoms with van der Waals surface area (Å²) in [6, 6.07) is 17.6. The van der Waals surface area contributed by atoms with E-state index in [0.717, 1.165) is 31.2 Å². The van der Waals surface area contributed by atoms with Crippen LogP contribution in [-0.4, -0.2) is 36.9 Å². The first-order valence-electron chi connectivity index (χ1n) is 10.7. The average Bonchev–Trinajstić information content (AvgIpc) is 2.77. The Labute approximate surface area is 207 Å². The highest BCUT2D eigenvalue weighted by Gasteiger charge is 2.12. The minimum Gasteiger partial charge on any atom is -0.354 e. The maximum Gasteiger partial charge on any atom is 0.238 e. The molecule has 0 aliphatic heterocycles. The molecule has 0 aromatic heterocycles. The quantitative estimate of drug-likeness (QED) is 0.334. The van der Waals surface area contributed by atoms with Crippen molar-refractivity contribution >= 4 is 42.5 Å². The summed E-state index contributed by atoms with van der Waals surface area (Å²) >= 11 is 0. The summed E-state index contributed by atoms with van der Waals surface area (Å²) in [6.45, 7) is 0.133. The van der Waals surface area contributed by atoms with Gasteiger partial charge in [0.15, 0.2) is 0 Å². The molecule has 2 aromatic rings. The number of nitrogens with two attached hydrogens (primary N) is 2. The fraction of sp³-hybridized carbons (Fsp3) is 0.375. The normalized spacial score (nSPS) is 10.8. The van der Waals surface area contributed by atoms with Gasteiger partial charge in [-0.05, 0) is 42.4 Å². The van der Waals surface area contributed by atoms with E-state index in [1.807, 2.05) is 30.3 Å². The Morgan fingerprint density at radius 1 is 0.788 bits per heavy atom. The minimum atomic E-state index is -0.795. The maximum absolute atomic E-state index is 12.0. The Morgan fingerprint density at radius 2 is 1.33 bits per heavy atom. The fourth-order valence-electron chi connectivity index (χ4n) is 3.11. The number of hydrogen-bond donors (Lipinski definition) is 4. The second-order valence-electron chi connectivity index (χ2n) is 7.54. The molecular weight excluding hydrogens is 463 g/mol. The molecule has 0 heterocycles. The molecule has 0 saturated carbocycles. The highest BCUT2D eigenvalue weighted by Crippen LogP contribution is 2.11. The van der Waals surface area contributed by atoms with E-state index in [9.17, 15) is 14.4 Å². The van der Waals surface area contributed by atoms with Gasteiger partial charge in [-0.15, -0.1) is 24.8 Å². The van der Waals surface area contributed by atoms with Gasteiger partial charge in [0.1, 0.15) is 0 Å². The summed E-state index contributed by atoms with van der Waals surface area (Å²) in [4.78, 5) is 35.4. The van der Waals surface area contributed by atoms with E-state index in [0.29, 0.717) is 0 Å². The van der Waals surface area contributed by atoms with Gasteiger partial charge in [0.2, 0.25) is 17.7 Å². The van der Waals surface area contributed by atoms with Crippen LogP contribution in [0.4, 0.5) is 0 Å². The van der Waals surface area contributed by atoms with Crippen LogP contribution in [0.2, 0.25) is 0 Å². The molecule has 2 rings (SSSR count). The lowest BCUT2D eigenvalue weighted by molar-refractivity contribution is -0.129. The Kier molecular flexibility index (Phi) is 15.8. The second-order valence-corrected chi connectivity index (χ2v) is 7.54. The number of unbranched alkanes of at least 4 members (excludes halogenated alkanes) is 1. The van der Waals surface area contributed by atoms with Crippen molar-refractivity contribution in [1.29, 1.82) is 0 Å². The summed E-state index contributed by atoms with van der Waals surface area (Å²) in [5.41, 5.74) is 14.2. The number of benzene rings is 2. The van der Waals surface area contributed by atoms with E-state index < -0.39 is 17.9 Å². The minimum absolute atomic E-state index is 0. The van der Waals surface area contributed by atoms with Crippen LogP contribution in [0.3, 0.4) is 0 Å². The summed E-state index contributed by atoms with van der Waals surface area (Å²) in [5, 5.41) is 4.84. The van der Waals surface area contributed by atoms with Crippen molar-refractivity contribution in [3.8, 4) is 0 Å². The topological polar surface area (TPSA) is 127 Å². The molecule has 7 nitrogen and oxygen atoms in total. The van der Waals surface area contributed by atoms with Crippen LogP contribution in [0.25, 0.3) is 0 Å². The Balaban J connectivity index is 0.00000512. The van der Waals surface area contributed by atoms with Gasteiger partial charge >= 0.3 is 0 Å². The predicted molar refractivity (Wildman–Crippen MR) is 136 cm³/mol. The van der Waals surface area contributed by atoms with Gasteiger partial charge in [0.05, 0.1) is 12.5 Å². The monoisotopic (exact) mass is 496 g/mol. The zero-order valence-corrected chi connectivity index (χ0v) is 20.3. The van der Waals surface area contributed by atoms with Gasteiger partial charge in [-0.1, -0.05) is 54.6 Å². The van der Waals surface area contributed by atoms with Crippen LogP contribution in [0.1, 0.15) is 36.0 Å². The number of carbonyl (C=O) groups is 3. The largest absolute Gasteiger partial charge is 0.354 e. The molecule has 0 spiro atoms. The van der Waals surface area contributed by atoms with E-state index >= 15 is 0 Å². The van der Waals surface area contributed by atoms with Gasteiger partial charge in [0.25, 0.3) is 0 Å². The van der Waals surface area contributed by atoms with Crippen LogP contribution in [0, 0.1) is 0 Å². The standard InChI is InChI=1S/C24H32N4O3.2ClH/c25-17-21(26)24(31)27-15-14-22(29)28-23(30)16-20-12-10-19(11-13-20)9-5-4-8-18-6-2-1-3-7-18;;/h1-3,6-7,10-13,21H,4-5,8-9,14-17,25-26H2,(H,27,31)(H,28,29,30);2*1H/t21-;;/m0../s1. The second kappa shape index (κ2) is 17.1. The van der Waals surface area contributed by atoms with E-state index in [4.69, 9.17) is 11.5 Å². The third kappa shape index (κ3) is 12.4. The third-order valence-corrected chi connectivity index (χ3v) is 4.93. The van der Waals surface area contributed by atoms with Crippen molar-refractivity contribution < 1.29 is 14.4 Å². The van der Waals surface area contributed by atoms with E-state index in [-0.39, 0.29) is 56.7 Å². The molecule has 1 atom stereocenters. The van der Waals surface area contributed by atoms with Crippen molar-refractivity contribution in [3.05, 3.63) is 71.3 Å². The zero-order valence-electron chi connectivity index (χ0n) is 18.6. The van der Waals surface area contributed by atoms with Gasteiger partial charge in [-0.2, -0.15) is 0 Å². The number of rotatable bonds is 12. The van der Waals surface area contributed by atoms with Gasteiger partial charge < -0.3 is 16.8 Å². The molecule has 6 N–H and O–H groups in total. The zero-order chi connectivity index (χ0) is 22.5. The summed E-state index contributed by atoms with van der Waals surface area (Å²) in [5.74, 6) is -1.23. The fourth-order valence-corrected chi connectivity index (χ4v) is 3.11. The van der Waals surface area contributed by atoms with Crippen molar-refractivity contribution in [2.24, 2.45) is 11.5 Å². The molecule has 0 radical (unpaired) electrons. The Bertz CT molecular complexity index is 849. The van der Waals surface area contributed by atoms with E-state index in [1.54, 1.807) is 0 Å². The Hall–Kier alpha value is -2.45. The third-order valence-electron chi connectivity index (χ3n) is 4.93. The number of amides is 3. The molecule has 0 aliphatic carbocycles. The first-order chi connectivity index (χ1) is 15.0. The van der Waals surface area contributed by atoms with E-state index in [2.05, 4.69) is 34.9 Å². The van der Waals surface area contributed by atoms with Crippen LogP contribution in [0.15, 0.2) is 54.6 Å². The molecule has 2 aromatic carbocycles. The molecule has 182 valence electrons. The average molecular weight is 497 g/mol. The van der Waals surface area contributed by atoms with Crippen molar-refractivity contribution in [3.63, 3.8) is 0 Å². The molecule has 33 heavy (non-hydrogen) atoms. The number of hydrogen-bond acceptors (Lipinski definition) is 5. The number of aryl methyl sites for hydroxylation is 2. The van der Waals surface area contributed by atoms with Crippen LogP contribution >= 0.6 is 24.8 Å². The number of nitrogens with one attached hydrogen (secondary N) is 2. The smallest absolute Gasteiger partial charge is 0.238 e. The molecule has 0 bridgehead atoms. The number of halogens is 2. The van der Waals surface area contributed by atoms with Gasteiger partial charge in [-0.25, -0.2) is 0 Å². The highest BCUT2D eigenvalue weighted by molar-refractivity contribution is 5.96. The molecule has 9 heteroatoms. The summed E-state index contributed by atoms with van der Waals surface area (Å²) in [6.07, 6.45) is 4.44. The van der Waals surface area contributed by atoms with Gasteiger partial charge in [0, 0.05) is 19.5 Å². The lowest BCUT2D eigenvalue weighted by Gasteiger charge is -2.10. The predicted octanol–water partition coefficient (Wildman–Crippen LogP) is 2.07. The first-order valence-corrected chi connectivity index (χ1v) is 10.7. The molecule has 0 unspecified atom stereocenters. The van der Waals surface area contributed by atoms with Crippen LogP contribution in [0.5, 0.6) is 0 Å². The van der Waals surface area contributed by atoms with Crippen LogP contribution < -0.4 is 22.1 Å².